The van der Waals surface area contributed by atoms with Crippen molar-refractivity contribution >= 4 is 22.3 Å². The van der Waals surface area contributed by atoms with Gasteiger partial charge in [-0.05, 0) is 86.3 Å². The number of benzene rings is 4. The second kappa shape index (κ2) is 11.1. The van der Waals surface area contributed by atoms with Crippen LogP contribution in [0.15, 0.2) is 84.2 Å². The maximum Gasteiger partial charge on any atom is 0.417 e. The van der Waals surface area contributed by atoms with Crippen LogP contribution in [0, 0.1) is 65.4 Å². The smallest absolute Gasteiger partial charge is 0.226 e. The minimum absolute atomic E-state index is 0.250. The molecule has 2 aliphatic rings. The first kappa shape index (κ1) is 29.9. The number of hydrogen-bond donors (Lipinski definition) is 0. The molecule has 2 aliphatic carbocycles. The van der Waals surface area contributed by atoms with Crippen LogP contribution in [0.25, 0.3) is 54.2 Å². The summed E-state index contributed by atoms with van der Waals surface area (Å²) in [7, 11) is 0. The Bertz CT molecular complexity index is 2440. The average Bonchev–Trinajstić information content (AvgIpc) is 3.58. The summed E-state index contributed by atoms with van der Waals surface area (Å²) in [5.41, 5.74) is 4.06. The number of fused-ring (bicyclic) bond motifs is 4. The fraction of sp³-hybridized carbons (Fsp3) is 0.0526. The zero-order valence-electron chi connectivity index (χ0n) is 24.2. The molecular formula is C38H15F3N6. The van der Waals surface area contributed by atoms with Crippen LogP contribution in [-0.4, -0.2) is 0 Å². The number of nitriles is 4. The minimum atomic E-state index is -4.76. The van der Waals surface area contributed by atoms with Gasteiger partial charge in [0.05, 0.1) is 54.1 Å². The molecule has 4 aromatic carbocycles. The SMILES string of the molecule is [C-]#[N+]/C(C#N)=C1C2=C(/C(=C(\C#N)[N+]#[C-])c3cccc(-c4ccc(C(F)(F)F)c(C#N)c4)c32)c2c\1cccc2-c1ccc(C)c(C#N)c1. The van der Waals surface area contributed by atoms with E-state index in [1.165, 1.54) is 6.07 Å². The first-order valence-electron chi connectivity index (χ1n) is 13.8. The number of rotatable bonds is 2. The van der Waals surface area contributed by atoms with Gasteiger partial charge in [0.15, 0.2) is 0 Å². The predicted molar refractivity (Wildman–Crippen MR) is 168 cm³/mol. The van der Waals surface area contributed by atoms with Crippen LogP contribution in [0.2, 0.25) is 0 Å². The summed E-state index contributed by atoms with van der Waals surface area (Å²) in [6.45, 7) is 17.6. The topological polar surface area (TPSA) is 104 Å². The quantitative estimate of drug-likeness (QED) is 0.166. The van der Waals surface area contributed by atoms with Crippen LogP contribution in [0.3, 0.4) is 0 Å². The largest absolute Gasteiger partial charge is 0.417 e. The van der Waals surface area contributed by atoms with E-state index in [1.54, 1.807) is 55.5 Å². The molecule has 0 saturated carbocycles. The maximum absolute atomic E-state index is 13.7. The van der Waals surface area contributed by atoms with Gasteiger partial charge in [-0.15, -0.1) is 0 Å². The van der Waals surface area contributed by atoms with Gasteiger partial charge in [-0.1, -0.05) is 54.6 Å². The lowest BCUT2D eigenvalue weighted by atomic mass is 9.85. The monoisotopic (exact) mass is 612 g/mol. The predicted octanol–water partition coefficient (Wildman–Crippen LogP) is 9.34. The third-order valence-electron chi connectivity index (χ3n) is 8.25. The standard InChI is InChI=1S/C38H15F3N6/c1-20-10-11-21(14-23(20)16-42)25-6-4-8-27-32(25)36-35(31(19-45)47-3)28-9-5-7-26(33(28)37(36)34(27)30(18-44)46-2)22-12-13-29(38(39,40)41)24(15-22)17-43/h4-15H,1H3/b34-30-,35-31+. The molecule has 6 nitrogen and oxygen atoms in total. The van der Waals surface area contributed by atoms with Crippen molar-refractivity contribution in [2.45, 2.75) is 13.1 Å². The summed E-state index contributed by atoms with van der Waals surface area (Å²) in [5, 5.41) is 39.7. The highest BCUT2D eigenvalue weighted by Crippen LogP contribution is 2.62. The van der Waals surface area contributed by atoms with E-state index < -0.39 is 17.3 Å². The van der Waals surface area contributed by atoms with Gasteiger partial charge in [0.25, 0.3) is 11.4 Å². The molecule has 0 bridgehead atoms. The van der Waals surface area contributed by atoms with E-state index in [-0.39, 0.29) is 28.1 Å². The van der Waals surface area contributed by atoms with Crippen molar-refractivity contribution in [3.05, 3.63) is 152 Å². The molecule has 0 radical (unpaired) electrons. The summed E-state index contributed by atoms with van der Waals surface area (Å²) >= 11 is 0. The Morgan fingerprint density at radius 1 is 0.638 bits per heavy atom. The maximum atomic E-state index is 13.7. The Balaban J connectivity index is 1.79. The Hall–Kier alpha value is -7.17. The Morgan fingerprint density at radius 3 is 1.51 bits per heavy atom. The molecule has 0 aliphatic heterocycles. The van der Waals surface area contributed by atoms with Gasteiger partial charge in [0.1, 0.15) is 0 Å². The van der Waals surface area contributed by atoms with E-state index in [4.69, 9.17) is 13.1 Å². The van der Waals surface area contributed by atoms with Crippen molar-refractivity contribution in [2.75, 3.05) is 0 Å². The second-order valence-electron chi connectivity index (χ2n) is 10.6. The van der Waals surface area contributed by atoms with Gasteiger partial charge in [-0.25, -0.2) is 20.2 Å². The summed E-state index contributed by atoms with van der Waals surface area (Å²) in [6.07, 6.45) is -4.76. The van der Waals surface area contributed by atoms with Crippen molar-refractivity contribution in [3.63, 3.8) is 0 Å². The average molecular weight is 613 g/mol. The fourth-order valence-corrected chi connectivity index (χ4v) is 6.29. The molecule has 9 heteroatoms. The molecule has 6 rings (SSSR count). The van der Waals surface area contributed by atoms with Crippen molar-refractivity contribution < 1.29 is 13.2 Å². The lowest BCUT2D eigenvalue weighted by molar-refractivity contribution is -0.137. The van der Waals surface area contributed by atoms with Gasteiger partial charge in [0, 0.05) is 11.1 Å². The lowest BCUT2D eigenvalue weighted by Crippen LogP contribution is -2.07. The number of aryl methyl sites for hydroxylation is 1. The van der Waals surface area contributed by atoms with Crippen LogP contribution < -0.4 is 0 Å². The lowest BCUT2D eigenvalue weighted by Gasteiger charge is -2.18. The third-order valence-corrected chi connectivity index (χ3v) is 8.25. The highest BCUT2D eigenvalue weighted by atomic mass is 19.4. The van der Waals surface area contributed by atoms with Gasteiger partial charge in [-0.3, -0.25) is 0 Å². The van der Waals surface area contributed by atoms with Crippen LogP contribution >= 0.6 is 0 Å². The van der Waals surface area contributed by atoms with Gasteiger partial charge in [-0.2, -0.15) is 23.7 Å². The molecule has 0 N–H and O–H groups in total. The van der Waals surface area contributed by atoms with Crippen LogP contribution in [0.1, 0.15) is 44.5 Å². The van der Waals surface area contributed by atoms with E-state index in [0.29, 0.717) is 55.7 Å². The molecule has 0 spiro atoms. The Kier molecular flexibility index (Phi) is 7.04. The van der Waals surface area contributed by atoms with Gasteiger partial charge >= 0.3 is 6.18 Å². The third kappa shape index (κ3) is 4.45. The first-order valence-corrected chi connectivity index (χ1v) is 13.8. The molecule has 218 valence electrons. The Morgan fingerprint density at radius 2 is 1.09 bits per heavy atom. The molecule has 47 heavy (non-hydrogen) atoms. The molecule has 0 heterocycles. The zero-order valence-corrected chi connectivity index (χ0v) is 24.2. The van der Waals surface area contributed by atoms with Crippen LogP contribution in [0.4, 0.5) is 13.2 Å². The molecule has 4 aromatic rings. The molecule has 0 unspecified atom stereocenters. The first-order chi connectivity index (χ1) is 22.6. The van der Waals surface area contributed by atoms with Gasteiger partial charge in [0.2, 0.25) is 0 Å². The molecule has 0 aromatic heterocycles. The Labute approximate surface area is 267 Å². The van der Waals surface area contributed by atoms with E-state index in [0.717, 1.165) is 17.7 Å². The van der Waals surface area contributed by atoms with Crippen LogP contribution in [0.5, 0.6) is 0 Å². The van der Waals surface area contributed by atoms with Crippen molar-refractivity contribution in [1.82, 2.24) is 0 Å². The normalized spacial score (nSPS) is 14.7. The number of nitrogens with zero attached hydrogens (tertiary/aromatic N) is 6. The van der Waals surface area contributed by atoms with E-state index in [2.05, 4.69) is 15.8 Å². The summed E-state index contributed by atoms with van der Waals surface area (Å²) in [6, 6.07) is 26.5. The zero-order chi connectivity index (χ0) is 33.6. The second-order valence-corrected chi connectivity index (χ2v) is 10.6. The van der Waals surface area contributed by atoms with E-state index in [1.807, 2.05) is 24.3 Å². The van der Waals surface area contributed by atoms with Gasteiger partial charge < -0.3 is 0 Å². The minimum Gasteiger partial charge on any atom is -0.226 e. The number of hydrogen-bond acceptors (Lipinski definition) is 4. The highest BCUT2D eigenvalue weighted by molar-refractivity contribution is 6.39. The van der Waals surface area contributed by atoms with E-state index >= 15 is 0 Å². The molecule has 0 amide bonds. The van der Waals surface area contributed by atoms with Crippen molar-refractivity contribution in [2.24, 2.45) is 0 Å². The molecule has 0 atom stereocenters. The van der Waals surface area contributed by atoms with Crippen molar-refractivity contribution in [3.8, 4) is 46.5 Å². The van der Waals surface area contributed by atoms with Crippen LogP contribution in [-0.2, 0) is 6.18 Å². The number of allylic oxidation sites excluding steroid dienone is 6. The van der Waals surface area contributed by atoms with Crippen molar-refractivity contribution in [1.29, 1.82) is 21.0 Å². The molecule has 0 fully saturated rings. The number of alkyl halides is 3. The highest BCUT2D eigenvalue weighted by Gasteiger charge is 2.42. The number of halogens is 3. The fourth-order valence-electron chi connectivity index (χ4n) is 6.29. The summed E-state index contributed by atoms with van der Waals surface area (Å²) in [4.78, 5) is 7.04. The summed E-state index contributed by atoms with van der Waals surface area (Å²) < 4.78 is 41.1. The van der Waals surface area contributed by atoms with E-state index in [9.17, 15) is 34.2 Å². The molecule has 0 saturated heterocycles. The molecular weight excluding hydrogens is 597 g/mol. The summed E-state index contributed by atoms with van der Waals surface area (Å²) in [5.74, 6) is 0.